The third-order valence-electron chi connectivity index (χ3n) is 6.72. The van der Waals surface area contributed by atoms with Crippen LogP contribution < -0.4 is 4.90 Å². The number of carbonyl (C=O) groups is 1. The summed E-state index contributed by atoms with van der Waals surface area (Å²) in [7, 11) is -3.51. The number of piperazine rings is 2. The van der Waals surface area contributed by atoms with E-state index in [1.807, 2.05) is 28.6 Å². The van der Waals surface area contributed by atoms with E-state index in [1.165, 1.54) is 9.87 Å². The van der Waals surface area contributed by atoms with E-state index in [2.05, 4.69) is 14.8 Å². The van der Waals surface area contributed by atoms with Crippen LogP contribution >= 0.6 is 11.3 Å². The van der Waals surface area contributed by atoms with Crippen LogP contribution in [0.5, 0.6) is 0 Å². The molecule has 172 valence electrons. The smallest absolute Gasteiger partial charge is 0.243 e. The molecule has 2 aromatic rings. The second kappa shape index (κ2) is 9.09. The van der Waals surface area contributed by atoms with Gasteiger partial charge in [0, 0.05) is 63.9 Å². The highest BCUT2D eigenvalue weighted by molar-refractivity contribution is 7.89. The first kappa shape index (κ1) is 21.8. The Balaban J connectivity index is 1.12. The number of fused-ring (bicyclic) bond motifs is 1. The monoisotopic (exact) mass is 475 g/mol. The van der Waals surface area contributed by atoms with Gasteiger partial charge in [-0.2, -0.15) is 4.31 Å². The highest BCUT2D eigenvalue weighted by Crippen LogP contribution is 2.27. The fraction of sp³-hybridized carbons (Fsp3) is 0.545. The normalized spacial score (nSPS) is 20.5. The van der Waals surface area contributed by atoms with Crippen molar-refractivity contribution >= 4 is 32.4 Å². The second-order valence-corrected chi connectivity index (χ2v) is 11.5. The first-order chi connectivity index (χ1) is 15.5. The van der Waals surface area contributed by atoms with Crippen LogP contribution in [0, 0.1) is 0 Å². The Morgan fingerprint density at radius 2 is 1.72 bits per heavy atom. The van der Waals surface area contributed by atoms with Crippen molar-refractivity contribution in [1.29, 1.82) is 0 Å². The molecule has 0 unspecified atom stereocenters. The Kier molecular flexibility index (Phi) is 6.20. The molecule has 0 radical (unpaired) electrons. The van der Waals surface area contributed by atoms with Gasteiger partial charge in [-0.25, -0.2) is 13.4 Å². The van der Waals surface area contributed by atoms with Crippen molar-refractivity contribution in [2.75, 3.05) is 63.8 Å². The average molecular weight is 476 g/mol. The second-order valence-electron chi connectivity index (χ2n) is 8.65. The minimum Gasteiger partial charge on any atom is -0.346 e. The molecule has 8 nitrogen and oxygen atoms in total. The molecule has 1 aromatic heterocycles. The van der Waals surface area contributed by atoms with Crippen LogP contribution in [0.4, 0.5) is 5.13 Å². The average Bonchev–Trinajstić information content (AvgIpc) is 3.51. The quantitative estimate of drug-likeness (QED) is 0.649. The van der Waals surface area contributed by atoms with Crippen LogP contribution in [0.1, 0.15) is 17.5 Å². The topological polar surface area (TPSA) is 77.1 Å². The van der Waals surface area contributed by atoms with E-state index in [4.69, 9.17) is 0 Å². The summed E-state index contributed by atoms with van der Waals surface area (Å²) in [6.07, 6.45) is 4.91. The molecule has 0 N–H and O–H groups in total. The van der Waals surface area contributed by atoms with Crippen molar-refractivity contribution in [3.8, 4) is 0 Å². The number of aryl methyl sites for hydroxylation is 2. The molecule has 1 aliphatic carbocycles. The molecule has 10 heteroatoms. The summed E-state index contributed by atoms with van der Waals surface area (Å²) in [6, 6.07) is 5.55. The number of amides is 1. The van der Waals surface area contributed by atoms with E-state index in [1.54, 1.807) is 17.4 Å². The number of nitrogens with zero attached hydrogens (tertiary/aromatic N) is 5. The Morgan fingerprint density at radius 1 is 0.969 bits per heavy atom. The Morgan fingerprint density at radius 3 is 2.44 bits per heavy atom. The molecule has 1 aromatic carbocycles. The van der Waals surface area contributed by atoms with Gasteiger partial charge in [0.1, 0.15) is 0 Å². The first-order valence-electron chi connectivity index (χ1n) is 11.3. The van der Waals surface area contributed by atoms with Gasteiger partial charge in [0.15, 0.2) is 5.13 Å². The third-order valence-corrected chi connectivity index (χ3v) is 9.45. The number of thiazole rings is 1. The molecule has 2 saturated heterocycles. The number of rotatable bonds is 5. The number of hydrogen-bond acceptors (Lipinski definition) is 7. The summed E-state index contributed by atoms with van der Waals surface area (Å²) in [5.41, 5.74) is 2.43. The van der Waals surface area contributed by atoms with Gasteiger partial charge in [-0.05, 0) is 42.5 Å². The van der Waals surface area contributed by atoms with Crippen molar-refractivity contribution in [2.24, 2.45) is 0 Å². The minimum atomic E-state index is -3.51. The van der Waals surface area contributed by atoms with Crippen LogP contribution in [-0.2, 0) is 27.7 Å². The molecule has 1 amide bonds. The van der Waals surface area contributed by atoms with E-state index < -0.39 is 10.0 Å². The van der Waals surface area contributed by atoms with Gasteiger partial charge in [-0.15, -0.1) is 11.3 Å². The summed E-state index contributed by atoms with van der Waals surface area (Å²) >= 11 is 1.64. The Hall–Kier alpha value is -2.01. The van der Waals surface area contributed by atoms with Gasteiger partial charge in [0.25, 0.3) is 0 Å². The van der Waals surface area contributed by atoms with Gasteiger partial charge < -0.3 is 9.80 Å². The largest absolute Gasteiger partial charge is 0.346 e. The van der Waals surface area contributed by atoms with Gasteiger partial charge in [0.2, 0.25) is 15.9 Å². The van der Waals surface area contributed by atoms with Crippen molar-refractivity contribution in [3.63, 3.8) is 0 Å². The molecule has 2 fully saturated rings. The van der Waals surface area contributed by atoms with Crippen LogP contribution in [0.25, 0.3) is 0 Å². The third kappa shape index (κ3) is 4.41. The molecule has 2 aliphatic heterocycles. The van der Waals surface area contributed by atoms with E-state index in [-0.39, 0.29) is 5.91 Å². The van der Waals surface area contributed by atoms with Crippen LogP contribution in [0.15, 0.2) is 34.7 Å². The van der Waals surface area contributed by atoms with Gasteiger partial charge >= 0.3 is 0 Å². The van der Waals surface area contributed by atoms with Gasteiger partial charge in [0.05, 0.1) is 11.4 Å². The molecular formula is C22H29N5O3S2. The maximum absolute atomic E-state index is 13.1. The predicted molar refractivity (Wildman–Crippen MR) is 125 cm³/mol. The summed E-state index contributed by atoms with van der Waals surface area (Å²) in [4.78, 5) is 23.8. The summed E-state index contributed by atoms with van der Waals surface area (Å²) in [5.74, 6) is 0.0854. The van der Waals surface area contributed by atoms with Crippen molar-refractivity contribution in [3.05, 3.63) is 40.9 Å². The van der Waals surface area contributed by atoms with Gasteiger partial charge in [-0.3, -0.25) is 9.69 Å². The number of aromatic nitrogens is 1. The lowest BCUT2D eigenvalue weighted by Crippen LogP contribution is -2.54. The maximum Gasteiger partial charge on any atom is 0.243 e. The highest BCUT2D eigenvalue weighted by atomic mass is 32.2. The Bertz CT molecular complexity index is 1060. The first-order valence-corrected chi connectivity index (χ1v) is 13.6. The van der Waals surface area contributed by atoms with Crippen LogP contribution in [0.2, 0.25) is 0 Å². The molecule has 3 aliphatic rings. The SMILES string of the molecule is O=C(CN1CCN(c2nccs2)CC1)N1CCN(S(=O)(=O)c2ccc3c(c2)CCC3)CC1. The number of hydrogen-bond donors (Lipinski definition) is 0. The van der Waals surface area contributed by atoms with Crippen molar-refractivity contribution in [1.82, 2.24) is 19.1 Å². The van der Waals surface area contributed by atoms with E-state index in [9.17, 15) is 13.2 Å². The molecule has 0 spiro atoms. The molecule has 0 atom stereocenters. The number of sulfonamides is 1. The minimum absolute atomic E-state index is 0.0854. The zero-order chi connectivity index (χ0) is 22.1. The summed E-state index contributed by atoms with van der Waals surface area (Å²) in [5, 5.41) is 3.02. The number of anilines is 1. The fourth-order valence-corrected chi connectivity index (χ4v) is 6.97. The summed E-state index contributed by atoms with van der Waals surface area (Å²) < 4.78 is 27.8. The molecule has 32 heavy (non-hydrogen) atoms. The number of carbonyl (C=O) groups excluding carboxylic acids is 1. The van der Waals surface area contributed by atoms with E-state index >= 15 is 0 Å². The Labute approximate surface area is 193 Å². The van der Waals surface area contributed by atoms with Crippen molar-refractivity contribution < 1.29 is 13.2 Å². The fourth-order valence-electron chi connectivity index (χ4n) is 4.80. The molecule has 0 bridgehead atoms. The lowest BCUT2D eigenvalue weighted by molar-refractivity contribution is -0.133. The molecular weight excluding hydrogens is 446 g/mol. The van der Waals surface area contributed by atoms with Crippen LogP contribution in [0.3, 0.4) is 0 Å². The maximum atomic E-state index is 13.1. The van der Waals surface area contributed by atoms with Crippen molar-refractivity contribution in [2.45, 2.75) is 24.2 Å². The zero-order valence-electron chi connectivity index (χ0n) is 18.1. The van der Waals surface area contributed by atoms with E-state index in [0.29, 0.717) is 37.6 Å². The van der Waals surface area contributed by atoms with Crippen LogP contribution in [-0.4, -0.2) is 92.3 Å². The predicted octanol–water partition coefficient (Wildman–Crippen LogP) is 1.29. The number of benzene rings is 1. The van der Waals surface area contributed by atoms with Gasteiger partial charge in [-0.1, -0.05) is 6.07 Å². The lowest BCUT2D eigenvalue weighted by atomic mass is 10.1. The molecule has 5 rings (SSSR count). The molecule has 3 heterocycles. The zero-order valence-corrected chi connectivity index (χ0v) is 19.8. The summed E-state index contributed by atoms with van der Waals surface area (Å²) in [6.45, 7) is 5.39. The lowest BCUT2D eigenvalue weighted by Gasteiger charge is -2.37. The molecule has 0 saturated carbocycles. The van der Waals surface area contributed by atoms with E-state index in [0.717, 1.165) is 56.1 Å². The standard InChI is InChI=1S/C22H29N5O3S2/c28-21(17-24-7-9-26(10-8-24)22-23-6-15-31-22)25-11-13-27(14-12-25)32(29,30)20-5-4-18-2-1-3-19(18)16-20/h4-6,15-16H,1-3,7-14,17H2. The highest BCUT2D eigenvalue weighted by Gasteiger charge is 2.31.